The van der Waals surface area contributed by atoms with Crippen molar-refractivity contribution < 1.29 is 18.7 Å². The Labute approximate surface area is 202 Å². The summed E-state index contributed by atoms with van der Waals surface area (Å²) in [7, 11) is 0. The Morgan fingerprint density at radius 1 is 1.21 bits per heavy atom. The van der Waals surface area contributed by atoms with Crippen molar-refractivity contribution in [2.24, 2.45) is 0 Å². The number of hydrogen-bond donors (Lipinski definition) is 1. The van der Waals surface area contributed by atoms with Gasteiger partial charge in [-0.05, 0) is 38.1 Å². The van der Waals surface area contributed by atoms with Gasteiger partial charge in [-0.15, -0.1) is 11.3 Å². The van der Waals surface area contributed by atoms with Gasteiger partial charge in [-0.3, -0.25) is 9.59 Å². The average Bonchev–Trinajstić information content (AvgIpc) is 3.21. The highest BCUT2D eigenvalue weighted by atomic mass is 35.5. The summed E-state index contributed by atoms with van der Waals surface area (Å²) in [5.41, 5.74) is 0.912. The average molecular weight is 500 g/mol. The Morgan fingerprint density at radius 3 is 2.62 bits per heavy atom. The molecular formula is C24H19ClFN3O4S. The number of amides is 1. The van der Waals surface area contributed by atoms with Crippen molar-refractivity contribution >= 4 is 50.6 Å². The normalized spacial score (nSPS) is 10.9. The van der Waals surface area contributed by atoms with Crippen LogP contribution in [0.25, 0.3) is 16.5 Å². The molecule has 4 aromatic rings. The molecule has 0 bridgehead atoms. The minimum atomic E-state index is -0.692. The second kappa shape index (κ2) is 9.74. The Kier molecular flexibility index (Phi) is 6.76. The quantitative estimate of drug-likeness (QED) is 0.381. The number of fused-ring (bicyclic) bond motifs is 1. The highest BCUT2D eigenvalue weighted by Gasteiger charge is 2.23. The molecule has 0 aliphatic carbocycles. The maximum absolute atomic E-state index is 14.1. The topological polar surface area (TPSA) is 90.3 Å². The molecule has 0 atom stereocenters. The molecule has 0 saturated heterocycles. The predicted octanol–water partition coefficient (Wildman–Crippen LogP) is 4.91. The third kappa shape index (κ3) is 4.57. The van der Waals surface area contributed by atoms with Gasteiger partial charge in [-0.1, -0.05) is 35.4 Å². The lowest BCUT2D eigenvalue weighted by Gasteiger charge is -2.10. The molecule has 2 aromatic heterocycles. The number of thiophene rings is 1. The van der Waals surface area contributed by atoms with E-state index in [4.69, 9.17) is 16.3 Å². The number of aromatic nitrogens is 2. The van der Waals surface area contributed by atoms with E-state index in [1.807, 2.05) is 19.1 Å². The third-order valence-electron chi connectivity index (χ3n) is 5.05. The summed E-state index contributed by atoms with van der Waals surface area (Å²) >= 11 is 7.09. The van der Waals surface area contributed by atoms with Crippen LogP contribution in [0, 0.1) is 12.7 Å². The molecule has 0 aliphatic heterocycles. The molecule has 0 unspecified atom stereocenters. The fourth-order valence-electron chi connectivity index (χ4n) is 3.39. The van der Waals surface area contributed by atoms with E-state index in [-0.39, 0.29) is 45.1 Å². The van der Waals surface area contributed by atoms with Gasteiger partial charge in [-0.2, -0.15) is 9.78 Å². The Morgan fingerprint density at radius 2 is 1.94 bits per heavy atom. The number of rotatable bonds is 6. The summed E-state index contributed by atoms with van der Waals surface area (Å²) in [6.45, 7) is 3.70. The number of ether oxygens (including phenoxy) is 1. The van der Waals surface area contributed by atoms with Crippen molar-refractivity contribution in [2.45, 2.75) is 20.3 Å². The highest BCUT2D eigenvalue weighted by Crippen LogP contribution is 2.31. The molecule has 0 fully saturated rings. The van der Waals surface area contributed by atoms with Gasteiger partial charge in [0, 0.05) is 21.4 Å². The molecule has 1 N–H and O–H groups in total. The summed E-state index contributed by atoms with van der Waals surface area (Å²) in [5, 5.41) is 9.18. The number of nitrogens with zero attached hydrogens (tertiary/aromatic N) is 2. The number of esters is 1. The van der Waals surface area contributed by atoms with Gasteiger partial charge in [0.1, 0.15) is 10.8 Å². The van der Waals surface area contributed by atoms with E-state index in [1.165, 1.54) is 18.2 Å². The Bertz CT molecular complexity index is 1440. The van der Waals surface area contributed by atoms with Crippen molar-refractivity contribution in [2.75, 3.05) is 11.9 Å². The Balaban J connectivity index is 1.80. The summed E-state index contributed by atoms with van der Waals surface area (Å²) in [4.78, 5) is 38.7. The summed E-state index contributed by atoms with van der Waals surface area (Å²) in [6.07, 6.45) is -0.327. The van der Waals surface area contributed by atoms with E-state index < -0.39 is 23.3 Å². The maximum atomic E-state index is 14.1. The lowest BCUT2D eigenvalue weighted by atomic mass is 10.1. The second-order valence-electron chi connectivity index (χ2n) is 7.40. The number of carbonyl (C=O) groups is 2. The third-order valence-corrected chi connectivity index (χ3v) is 6.30. The molecule has 0 radical (unpaired) electrons. The lowest BCUT2D eigenvalue weighted by molar-refractivity contribution is -0.115. The first kappa shape index (κ1) is 23.6. The predicted molar refractivity (Wildman–Crippen MR) is 130 cm³/mol. The standard InChI is InChI=1S/C24H19ClFN3O4S/c1-3-33-24(32)21-16-12-34-22(27-19(30)11-15-17(25)5-4-6-18(15)26)20(16)23(31)29(28-21)14-9-7-13(2)8-10-14/h4-10,12H,3,11H2,1-2H3,(H,27,30). The van der Waals surface area contributed by atoms with Gasteiger partial charge >= 0.3 is 5.97 Å². The van der Waals surface area contributed by atoms with Gasteiger partial charge in [-0.25, -0.2) is 9.18 Å². The van der Waals surface area contributed by atoms with Crippen LogP contribution >= 0.6 is 22.9 Å². The molecule has 0 saturated carbocycles. The van der Waals surface area contributed by atoms with E-state index in [1.54, 1.807) is 24.4 Å². The number of hydrogen-bond acceptors (Lipinski definition) is 6. The fraction of sp³-hybridized carbons (Fsp3) is 0.167. The molecular weight excluding hydrogens is 481 g/mol. The number of anilines is 1. The zero-order chi connectivity index (χ0) is 24.4. The van der Waals surface area contributed by atoms with Crippen LogP contribution in [0.15, 0.2) is 52.6 Å². The van der Waals surface area contributed by atoms with Crippen LogP contribution in [-0.4, -0.2) is 28.3 Å². The molecule has 1 amide bonds. The zero-order valence-electron chi connectivity index (χ0n) is 18.2. The number of carbonyl (C=O) groups excluding carboxylic acids is 2. The SMILES string of the molecule is CCOC(=O)c1nn(-c2ccc(C)cc2)c(=O)c2c(NC(=O)Cc3c(F)cccc3Cl)scc12. The highest BCUT2D eigenvalue weighted by molar-refractivity contribution is 7.16. The number of nitrogens with one attached hydrogen (secondary N) is 1. The molecule has 4 rings (SSSR count). The molecule has 10 heteroatoms. The van der Waals surface area contributed by atoms with E-state index in [9.17, 15) is 18.8 Å². The lowest BCUT2D eigenvalue weighted by Crippen LogP contribution is -2.25. The monoisotopic (exact) mass is 499 g/mol. The number of benzene rings is 2. The number of halogens is 2. The van der Waals surface area contributed by atoms with Gasteiger partial charge in [0.15, 0.2) is 5.69 Å². The van der Waals surface area contributed by atoms with Gasteiger partial charge in [0.2, 0.25) is 5.91 Å². The van der Waals surface area contributed by atoms with E-state index >= 15 is 0 Å². The molecule has 34 heavy (non-hydrogen) atoms. The van der Waals surface area contributed by atoms with Crippen molar-refractivity contribution in [1.29, 1.82) is 0 Å². The summed E-state index contributed by atoms with van der Waals surface area (Å²) in [5.74, 6) is -1.86. The fourth-order valence-corrected chi connectivity index (χ4v) is 4.57. The molecule has 174 valence electrons. The molecule has 7 nitrogen and oxygen atoms in total. The number of aryl methyl sites for hydroxylation is 1. The van der Waals surface area contributed by atoms with Gasteiger partial charge in [0.05, 0.1) is 24.1 Å². The molecule has 0 spiro atoms. The molecule has 2 aromatic carbocycles. The van der Waals surface area contributed by atoms with Crippen molar-refractivity contribution in [3.05, 3.63) is 85.9 Å². The van der Waals surface area contributed by atoms with Crippen molar-refractivity contribution in [3.8, 4) is 5.69 Å². The largest absolute Gasteiger partial charge is 0.461 e. The van der Waals surface area contributed by atoms with Gasteiger partial charge in [0.25, 0.3) is 5.56 Å². The first-order valence-electron chi connectivity index (χ1n) is 10.3. The summed E-state index contributed by atoms with van der Waals surface area (Å²) < 4.78 is 20.3. The van der Waals surface area contributed by atoms with Crippen LogP contribution in [0.1, 0.15) is 28.5 Å². The smallest absolute Gasteiger partial charge is 0.359 e. The van der Waals surface area contributed by atoms with E-state index in [0.717, 1.165) is 21.6 Å². The second-order valence-corrected chi connectivity index (χ2v) is 8.69. The molecule has 0 aliphatic rings. The first-order chi connectivity index (χ1) is 16.3. The van der Waals surface area contributed by atoms with Crippen molar-refractivity contribution in [3.63, 3.8) is 0 Å². The Hall–Kier alpha value is -3.56. The maximum Gasteiger partial charge on any atom is 0.359 e. The molecule has 2 heterocycles. The minimum Gasteiger partial charge on any atom is -0.461 e. The van der Waals surface area contributed by atoms with Crippen molar-refractivity contribution in [1.82, 2.24) is 9.78 Å². The zero-order valence-corrected chi connectivity index (χ0v) is 19.8. The van der Waals surface area contributed by atoms with Crippen LogP contribution in [0.4, 0.5) is 9.39 Å². The van der Waals surface area contributed by atoms with Gasteiger partial charge < -0.3 is 10.1 Å². The van der Waals surface area contributed by atoms with Crippen LogP contribution < -0.4 is 10.9 Å². The van der Waals surface area contributed by atoms with Crippen LogP contribution in [-0.2, 0) is 16.0 Å². The van der Waals surface area contributed by atoms with Crippen LogP contribution in [0.2, 0.25) is 5.02 Å². The van der Waals surface area contributed by atoms with E-state index in [2.05, 4.69) is 10.4 Å². The van der Waals surface area contributed by atoms with E-state index in [0.29, 0.717) is 5.69 Å². The van der Waals surface area contributed by atoms with Crippen LogP contribution in [0.3, 0.4) is 0 Å². The summed E-state index contributed by atoms with van der Waals surface area (Å²) in [6, 6.07) is 11.2. The van der Waals surface area contributed by atoms with Crippen LogP contribution in [0.5, 0.6) is 0 Å². The minimum absolute atomic E-state index is 0.0495. The first-order valence-corrected chi connectivity index (χ1v) is 11.6.